The molecule has 4 nitrogen and oxygen atoms in total. The van der Waals surface area contributed by atoms with Crippen molar-refractivity contribution < 1.29 is 13.5 Å². The van der Waals surface area contributed by atoms with E-state index in [0.717, 1.165) is 12.1 Å². The number of halogens is 1. The largest absolute Gasteiger partial charge is 0.304 e. The van der Waals surface area contributed by atoms with Crippen molar-refractivity contribution in [3.05, 3.63) is 34.1 Å². The van der Waals surface area contributed by atoms with Crippen LogP contribution in [0.15, 0.2) is 23.1 Å². The molecule has 0 saturated carbocycles. The van der Waals surface area contributed by atoms with Crippen LogP contribution >= 0.6 is 0 Å². The van der Waals surface area contributed by atoms with Crippen LogP contribution in [-0.2, 0) is 10.8 Å². The SMILES string of the molecule is CS(=O)c1ccc([N+](=O)[O-])c(F)c1. The molecule has 1 aromatic carbocycles. The lowest BCUT2D eigenvalue weighted by atomic mass is 10.3. The summed E-state index contributed by atoms with van der Waals surface area (Å²) in [4.78, 5) is 9.61. The third-order valence-corrected chi connectivity index (χ3v) is 2.37. The summed E-state index contributed by atoms with van der Waals surface area (Å²) in [6.07, 6.45) is 1.38. The summed E-state index contributed by atoms with van der Waals surface area (Å²) in [5, 5.41) is 10.2. The van der Waals surface area contributed by atoms with Crippen LogP contribution in [0.25, 0.3) is 0 Å². The molecule has 0 aliphatic rings. The molecule has 0 aliphatic carbocycles. The second-order valence-corrected chi connectivity index (χ2v) is 3.70. The van der Waals surface area contributed by atoms with E-state index in [-0.39, 0.29) is 4.90 Å². The first-order valence-corrected chi connectivity index (χ1v) is 4.85. The summed E-state index contributed by atoms with van der Waals surface area (Å²) in [6, 6.07) is 3.19. The van der Waals surface area contributed by atoms with Crippen LogP contribution in [0.3, 0.4) is 0 Å². The van der Waals surface area contributed by atoms with Crippen molar-refractivity contribution in [2.75, 3.05) is 6.26 Å². The van der Waals surface area contributed by atoms with E-state index in [0.29, 0.717) is 0 Å². The highest BCUT2D eigenvalue weighted by atomic mass is 32.2. The Morgan fingerprint density at radius 2 is 2.15 bits per heavy atom. The van der Waals surface area contributed by atoms with Crippen LogP contribution in [0, 0.1) is 15.9 Å². The highest BCUT2D eigenvalue weighted by Crippen LogP contribution is 2.19. The Morgan fingerprint density at radius 3 is 2.54 bits per heavy atom. The Kier molecular flexibility index (Phi) is 2.72. The van der Waals surface area contributed by atoms with Gasteiger partial charge in [0, 0.05) is 28.0 Å². The maximum absolute atomic E-state index is 12.9. The second kappa shape index (κ2) is 3.61. The molecule has 70 valence electrons. The zero-order valence-electron chi connectivity index (χ0n) is 6.69. The fourth-order valence-electron chi connectivity index (χ4n) is 0.814. The van der Waals surface area contributed by atoms with Gasteiger partial charge in [-0.1, -0.05) is 0 Å². The first-order valence-electron chi connectivity index (χ1n) is 3.29. The van der Waals surface area contributed by atoms with Crippen molar-refractivity contribution in [1.29, 1.82) is 0 Å². The molecule has 0 radical (unpaired) electrons. The lowest BCUT2D eigenvalue weighted by Crippen LogP contribution is -1.95. The van der Waals surface area contributed by atoms with Crippen molar-refractivity contribution in [2.24, 2.45) is 0 Å². The highest BCUT2D eigenvalue weighted by molar-refractivity contribution is 7.84. The molecule has 0 N–H and O–H groups in total. The molecule has 1 rings (SSSR count). The molecule has 0 fully saturated rings. The summed E-state index contributed by atoms with van der Waals surface area (Å²) >= 11 is 0. The average molecular weight is 203 g/mol. The van der Waals surface area contributed by atoms with Crippen LogP contribution in [0.4, 0.5) is 10.1 Å². The van der Waals surface area contributed by atoms with Crippen LogP contribution in [0.1, 0.15) is 0 Å². The van der Waals surface area contributed by atoms with E-state index in [1.165, 1.54) is 12.3 Å². The fourth-order valence-corrected chi connectivity index (χ4v) is 1.34. The number of hydrogen-bond acceptors (Lipinski definition) is 3. The molecule has 0 amide bonds. The van der Waals surface area contributed by atoms with Crippen LogP contribution in [-0.4, -0.2) is 15.4 Å². The van der Waals surface area contributed by atoms with Gasteiger partial charge in [-0.3, -0.25) is 14.3 Å². The van der Waals surface area contributed by atoms with Gasteiger partial charge in [-0.05, 0) is 12.1 Å². The minimum Gasteiger partial charge on any atom is -0.258 e. The number of benzene rings is 1. The fraction of sp³-hybridized carbons (Fsp3) is 0.143. The average Bonchev–Trinajstić information content (AvgIpc) is 2.03. The van der Waals surface area contributed by atoms with Crippen molar-refractivity contribution in [1.82, 2.24) is 0 Å². The Balaban J connectivity index is 3.20. The second-order valence-electron chi connectivity index (χ2n) is 2.32. The van der Waals surface area contributed by atoms with Gasteiger partial charge in [0.05, 0.1) is 4.92 Å². The van der Waals surface area contributed by atoms with E-state index in [1.807, 2.05) is 0 Å². The summed E-state index contributed by atoms with van der Waals surface area (Å²) < 4.78 is 23.7. The van der Waals surface area contributed by atoms with Gasteiger partial charge in [0.25, 0.3) is 0 Å². The smallest absolute Gasteiger partial charge is 0.258 e. The maximum Gasteiger partial charge on any atom is 0.304 e. The van der Waals surface area contributed by atoms with E-state index in [1.54, 1.807) is 0 Å². The van der Waals surface area contributed by atoms with Gasteiger partial charge in [0.15, 0.2) is 0 Å². The topological polar surface area (TPSA) is 60.2 Å². The number of nitro benzene ring substituents is 1. The minimum absolute atomic E-state index is 0.239. The van der Waals surface area contributed by atoms with Gasteiger partial charge in [0.2, 0.25) is 5.82 Å². The van der Waals surface area contributed by atoms with E-state index in [2.05, 4.69) is 0 Å². The van der Waals surface area contributed by atoms with Crippen LogP contribution in [0.2, 0.25) is 0 Å². The van der Waals surface area contributed by atoms with E-state index in [9.17, 15) is 18.7 Å². The lowest BCUT2D eigenvalue weighted by Gasteiger charge is -1.96. The van der Waals surface area contributed by atoms with E-state index < -0.39 is 27.2 Å². The van der Waals surface area contributed by atoms with Gasteiger partial charge in [-0.15, -0.1) is 0 Å². The predicted molar refractivity (Wildman–Crippen MR) is 45.4 cm³/mol. The quantitative estimate of drug-likeness (QED) is 0.540. The van der Waals surface area contributed by atoms with Crippen molar-refractivity contribution in [3.63, 3.8) is 0 Å². The molecule has 1 unspecified atom stereocenters. The zero-order chi connectivity index (χ0) is 10.0. The molecule has 1 atom stereocenters. The highest BCUT2D eigenvalue weighted by Gasteiger charge is 2.14. The maximum atomic E-state index is 12.9. The summed E-state index contributed by atoms with van der Waals surface area (Å²) in [7, 11) is -1.32. The van der Waals surface area contributed by atoms with Gasteiger partial charge < -0.3 is 0 Å². The van der Waals surface area contributed by atoms with Gasteiger partial charge in [-0.25, -0.2) is 0 Å². The van der Waals surface area contributed by atoms with E-state index in [4.69, 9.17) is 0 Å². The zero-order valence-corrected chi connectivity index (χ0v) is 7.51. The number of rotatable bonds is 2. The monoisotopic (exact) mass is 203 g/mol. The van der Waals surface area contributed by atoms with E-state index >= 15 is 0 Å². The van der Waals surface area contributed by atoms with Gasteiger partial charge in [0.1, 0.15) is 0 Å². The molecule has 0 heterocycles. The number of nitrogens with zero attached hydrogens (tertiary/aromatic N) is 1. The summed E-state index contributed by atoms with van der Waals surface area (Å²) in [6.45, 7) is 0. The Morgan fingerprint density at radius 1 is 1.54 bits per heavy atom. The van der Waals surface area contributed by atoms with Gasteiger partial charge >= 0.3 is 5.69 Å². The predicted octanol–water partition coefficient (Wildman–Crippen LogP) is 1.47. The molecule has 1 aromatic rings. The van der Waals surface area contributed by atoms with Gasteiger partial charge in [-0.2, -0.15) is 4.39 Å². The first-order chi connectivity index (χ1) is 6.02. The normalized spacial score (nSPS) is 12.5. The molecule has 6 heteroatoms. The third kappa shape index (κ3) is 2.09. The molecule has 0 saturated heterocycles. The van der Waals surface area contributed by atoms with Crippen molar-refractivity contribution >= 4 is 16.5 Å². The minimum atomic E-state index is -1.32. The Labute approximate surface area is 76.0 Å². The summed E-state index contributed by atoms with van der Waals surface area (Å²) in [5.74, 6) is -0.960. The van der Waals surface area contributed by atoms with Crippen molar-refractivity contribution in [3.8, 4) is 0 Å². The van der Waals surface area contributed by atoms with Crippen LogP contribution < -0.4 is 0 Å². The van der Waals surface area contributed by atoms with Crippen molar-refractivity contribution in [2.45, 2.75) is 4.90 Å². The third-order valence-electron chi connectivity index (χ3n) is 1.45. The Hall–Kier alpha value is -1.30. The lowest BCUT2D eigenvalue weighted by molar-refractivity contribution is -0.387. The Bertz CT molecular complexity index is 380. The standard InChI is InChI=1S/C7H6FNO3S/c1-13(12)5-2-3-7(9(10)11)6(8)4-5/h2-4H,1H3. The van der Waals surface area contributed by atoms with Crippen LogP contribution in [0.5, 0.6) is 0 Å². The number of hydrogen-bond donors (Lipinski definition) is 0. The molecule has 13 heavy (non-hydrogen) atoms. The summed E-state index contributed by atoms with van der Waals surface area (Å²) in [5.41, 5.74) is -0.603. The first kappa shape index (κ1) is 9.79. The molecule has 0 aliphatic heterocycles. The number of nitro groups is 1. The molecule has 0 spiro atoms. The molecule has 0 bridgehead atoms. The molecular weight excluding hydrogens is 197 g/mol. The molecular formula is C7H6FNO3S. The molecule has 0 aromatic heterocycles.